The quantitative estimate of drug-likeness (QED) is 0.294. The first-order valence-electron chi connectivity index (χ1n) is 8.50. The Morgan fingerprint density at radius 3 is 2.32 bits per heavy atom. The van der Waals surface area contributed by atoms with E-state index in [-0.39, 0.29) is 57.3 Å². The van der Waals surface area contributed by atoms with Gasteiger partial charge in [-0.1, -0.05) is 46.4 Å². The van der Waals surface area contributed by atoms with Crippen LogP contribution in [0.2, 0.25) is 10.0 Å². The van der Waals surface area contributed by atoms with Crippen molar-refractivity contribution in [2.75, 3.05) is 19.8 Å². The van der Waals surface area contributed by atoms with E-state index in [1.54, 1.807) is 0 Å². The average Bonchev–Trinajstić information content (AvgIpc) is 3.07. The van der Waals surface area contributed by atoms with Gasteiger partial charge in [0.2, 0.25) is 0 Å². The molecule has 1 heterocycles. The molecule has 31 heavy (non-hydrogen) atoms. The number of rotatable bonds is 8. The summed E-state index contributed by atoms with van der Waals surface area (Å²) < 4.78 is 59.8. The monoisotopic (exact) mass is 515 g/mol. The summed E-state index contributed by atoms with van der Waals surface area (Å²) in [5, 5.41) is 0.398. The molecule has 0 saturated heterocycles. The smallest absolute Gasteiger partial charge is 0.416 e. The fraction of sp³-hybridized carbons (Fsp3) is 0.211. The summed E-state index contributed by atoms with van der Waals surface area (Å²) in [6.45, 7) is 0.109. The van der Waals surface area contributed by atoms with Crippen molar-refractivity contribution >= 4 is 57.5 Å². The molecule has 0 amide bonds. The van der Waals surface area contributed by atoms with Crippen molar-refractivity contribution in [3.05, 3.63) is 56.5 Å². The van der Waals surface area contributed by atoms with Gasteiger partial charge in [-0.2, -0.15) is 18.2 Å². The van der Waals surface area contributed by atoms with Gasteiger partial charge < -0.3 is 18.6 Å². The predicted octanol–water partition coefficient (Wildman–Crippen LogP) is 7.31. The summed E-state index contributed by atoms with van der Waals surface area (Å²) in [6.07, 6.45) is -3.22. The number of alkyl halides is 3. The number of hydrogen-bond donors (Lipinski definition) is 0. The first kappa shape index (κ1) is 23.7. The number of halogens is 7. The maximum absolute atomic E-state index is 12.8. The van der Waals surface area contributed by atoms with E-state index in [2.05, 4.69) is 4.98 Å². The van der Waals surface area contributed by atoms with Gasteiger partial charge in [-0.3, -0.25) is 0 Å². The fourth-order valence-corrected chi connectivity index (χ4v) is 3.08. The summed E-state index contributed by atoms with van der Waals surface area (Å²) in [5.41, 5.74) is -0.643. The number of aromatic nitrogens is 1. The highest BCUT2D eigenvalue weighted by atomic mass is 35.5. The van der Waals surface area contributed by atoms with Crippen LogP contribution >= 0.6 is 46.4 Å². The second-order valence-corrected chi connectivity index (χ2v) is 7.70. The first-order valence-corrected chi connectivity index (χ1v) is 10.0. The normalized spacial score (nSPS) is 11.5. The average molecular weight is 517 g/mol. The Morgan fingerprint density at radius 2 is 1.68 bits per heavy atom. The zero-order chi connectivity index (χ0) is 22.6. The Kier molecular flexibility index (Phi) is 7.69. The van der Waals surface area contributed by atoms with Gasteiger partial charge in [-0.25, -0.2) is 0 Å². The molecule has 0 fully saturated rings. The van der Waals surface area contributed by atoms with E-state index in [1.807, 2.05) is 0 Å². The molecule has 0 aliphatic heterocycles. The standard InChI is InChI=1S/C19H12Cl4F3NO4/c20-12-8-11(28-4-3-16(22)23)9-13(21)17(12)29-5-6-30-18-27-14-7-10(19(24,25)26)1-2-15(14)31-18/h1-3,7-9H,4-6H2. The number of benzene rings is 2. The van der Waals surface area contributed by atoms with Crippen molar-refractivity contribution in [1.29, 1.82) is 0 Å². The molecule has 3 aromatic rings. The molecular weight excluding hydrogens is 505 g/mol. The van der Waals surface area contributed by atoms with Gasteiger partial charge in [0.15, 0.2) is 11.3 Å². The summed E-state index contributed by atoms with van der Waals surface area (Å²) in [6, 6.07) is 5.95. The predicted molar refractivity (Wildman–Crippen MR) is 112 cm³/mol. The highest BCUT2D eigenvalue weighted by molar-refractivity contribution is 6.55. The van der Waals surface area contributed by atoms with Crippen LogP contribution in [0.25, 0.3) is 11.1 Å². The number of fused-ring (bicyclic) bond motifs is 1. The van der Waals surface area contributed by atoms with E-state index in [4.69, 9.17) is 65.0 Å². The van der Waals surface area contributed by atoms with Crippen molar-refractivity contribution in [3.8, 4) is 17.6 Å². The van der Waals surface area contributed by atoms with E-state index in [9.17, 15) is 13.2 Å². The first-order chi connectivity index (χ1) is 14.6. The summed E-state index contributed by atoms with van der Waals surface area (Å²) in [7, 11) is 0. The van der Waals surface area contributed by atoms with E-state index in [0.29, 0.717) is 5.75 Å². The summed E-state index contributed by atoms with van der Waals surface area (Å²) in [5.74, 6) is 0.590. The van der Waals surface area contributed by atoms with Gasteiger partial charge in [0, 0.05) is 12.1 Å². The zero-order valence-electron chi connectivity index (χ0n) is 15.3. The van der Waals surface area contributed by atoms with Crippen LogP contribution in [0.15, 0.2) is 45.3 Å². The van der Waals surface area contributed by atoms with Gasteiger partial charge >= 0.3 is 12.3 Å². The summed E-state index contributed by atoms with van der Waals surface area (Å²) in [4.78, 5) is 3.88. The third kappa shape index (κ3) is 6.49. The number of hydrogen-bond acceptors (Lipinski definition) is 5. The highest BCUT2D eigenvalue weighted by Crippen LogP contribution is 2.37. The molecular formula is C19H12Cl4F3NO4. The molecule has 0 bridgehead atoms. The van der Waals surface area contributed by atoms with Crippen LogP contribution in [-0.4, -0.2) is 24.8 Å². The minimum atomic E-state index is -4.48. The number of ether oxygens (including phenoxy) is 3. The minimum absolute atomic E-state index is 0.0107. The van der Waals surface area contributed by atoms with Crippen LogP contribution in [0.3, 0.4) is 0 Å². The molecule has 0 unspecified atom stereocenters. The third-order valence-electron chi connectivity index (χ3n) is 3.71. The van der Waals surface area contributed by atoms with Crippen molar-refractivity contribution in [3.63, 3.8) is 0 Å². The fourth-order valence-electron chi connectivity index (χ4n) is 2.38. The van der Waals surface area contributed by atoms with Crippen molar-refractivity contribution in [2.45, 2.75) is 6.18 Å². The number of oxazole rings is 1. The van der Waals surface area contributed by atoms with E-state index in [0.717, 1.165) is 12.1 Å². The van der Waals surface area contributed by atoms with Gasteiger partial charge in [0.05, 0.1) is 15.6 Å². The molecule has 2 aromatic carbocycles. The maximum atomic E-state index is 12.8. The van der Waals surface area contributed by atoms with E-state index < -0.39 is 11.7 Å². The lowest BCUT2D eigenvalue weighted by molar-refractivity contribution is -0.137. The second kappa shape index (κ2) is 10.1. The van der Waals surface area contributed by atoms with Crippen molar-refractivity contribution < 1.29 is 31.8 Å². The number of nitrogens with zero attached hydrogens (tertiary/aromatic N) is 1. The molecule has 0 spiro atoms. The maximum Gasteiger partial charge on any atom is 0.416 e. The lowest BCUT2D eigenvalue weighted by Crippen LogP contribution is -2.09. The third-order valence-corrected chi connectivity index (χ3v) is 4.58. The minimum Gasteiger partial charge on any atom is -0.489 e. The van der Waals surface area contributed by atoms with Gasteiger partial charge in [0.1, 0.15) is 35.6 Å². The lowest BCUT2D eigenvalue weighted by atomic mass is 10.2. The largest absolute Gasteiger partial charge is 0.489 e. The van der Waals surface area contributed by atoms with Gasteiger partial charge in [-0.15, -0.1) is 0 Å². The molecule has 0 radical (unpaired) electrons. The second-order valence-electron chi connectivity index (χ2n) is 5.88. The Hall–Kier alpha value is -2.00. The van der Waals surface area contributed by atoms with Crippen molar-refractivity contribution in [1.82, 2.24) is 4.98 Å². The zero-order valence-corrected chi connectivity index (χ0v) is 18.3. The SMILES string of the molecule is FC(F)(F)c1ccc2oc(OCCOc3c(Cl)cc(OCC=C(Cl)Cl)cc3Cl)nc2c1. The Labute approximate surface area is 194 Å². The Morgan fingerprint density at radius 1 is 1.00 bits per heavy atom. The molecule has 166 valence electrons. The Balaban J connectivity index is 1.56. The van der Waals surface area contributed by atoms with E-state index >= 15 is 0 Å². The molecule has 0 atom stereocenters. The molecule has 0 aliphatic rings. The Bertz CT molecular complexity index is 1070. The van der Waals surface area contributed by atoms with Crippen LogP contribution in [-0.2, 0) is 6.18 Å². The molecule has 12 heteroatoms. The van der Waals surface area contributed by atoms with Crippen molar-refractivity contribution in [2.24, 2.45) is 0 Å². The van der Waals surface area contributed by atoms with Crippen LogP contribution in [0.5, 0.6) is 17.6 Å². The van der Waals surface area contributed by atoms with Crippen LogP contribution in [0, 0.1) is 0 Å². The van der Waals surface area contributed by atoms with Crippen LogP contribution in [0.4, 0.5) is 13.2 Å². The van der Waals surface area contributed by atoms with Gasteiger partial charge in [0.25, 0.3) is 0 Å². The topological polar surface area (TPSA) is 53.7 Å². The van der Waals surface area contributed by atoms with Crippen LogP contribution < -0.4 is 14.2 Å². The molecule has 0 aliphatic carbocycles. The molecule has 3 rings (SSSR count). The molecule has 5 nitrogen and oxygen atoms in total. The summed E-state index contributed by atoms with van der Waals surface area (Å²) >= 11 is 23.3. The molecule has 0 N–H and O–H groups in total. The van der Waals surface area contributed by atoms with E-state index in [1.165, 1.54) is 24.3 Å². The lowest BCUT2D eigenvalue weighted by Gasteiger charge is -2.12. The van der Waals surface area contributed by atoms with Crippen LogP contribution in [0.1, 0.15) is 5.56 Å². The molecule has 1 aromatic heterocycles. The van der Waals surface area contributed by atoms with Gasteiger partial charge in [-0.05, 0) is 24.3 Å². The molecule has 0 saturated carbocycles. The highest BCUT2D eigenvalue weighted by Gasteiger charge is 2.31.